The zero-order chi connectivity index (χ0) is 18.6. The molecule has 0 fully saturated rings. The summed E-state index contributed by atoms with van der Waals surface area (Å²) >= 11 is 6.45. The summed E-state index contributed by atoms with van der Waals surface area (Å²) in [6.07, 6.45) is 5.29. The van der Waals surface area contributed by atoms with E-state index in [0.29, 0.717) is 0 Å². The molecular formula is C22H24ClN3O. The Morgan fingerprint density at radius 3 is 2.67 bits per heavy atom. The van der Waals surface area contributed by atoms with Crippen molar-refractivity contribution in [3.05, 3.63) is 70.4 Å². The van der Waals surface area contributed by atoms with E-state index in [2.05, 4.69) is 17.4 Å². The van der Waals surface area contributed by atoms with Crippen molar-refractivity contribution in [1.29, 1.82) is 0 Å². The minimum Gasteiger partial charge on any atom is -0.497 e. The third-order valence-corrected chi connectivity index (χ3v) is 5.42. The second-order valence-electron chi connectivity index (χ2n) is 6.87. The van der Waals surface area contributed by atoms with Gasteiger partial charge in [-0.1, -0.05) is 35.9 Å². The zero-order valence-corrected chi connectivity index (χ0v) is 16.3. The average molecular weight is 382 g/mol. The highest BCUT2D eigenvalue weighted by atomic mass is 35.5. The summed E-state index contributed by atoms with van der Waals surface area (Å²) in [5, 5.41) is 9.25. The Morgan fingerprint density at radius 2 is 1.89 bits per heavy atom. The number of hydrogen-bond donors (Lipinski definition) is 1. The van der Waals surface area contributed by atoms with Crippen LogP contribution in [0.2, 0.25) is 5.02 Å². The molecule has 0 amide bonds. The molecule has 1 aliphatic heterocycles. The van der Waals surface area contributed by atoms with Gasteiger partial charge >= 0.3 is 0 Å². The first-order valence-corrected chi connectivity index (χ1v) is 9.86. The summed E-state index contributed by atoms with van der Waals surface area (Å²) in [5.41, 5.74) is 4.72. The van der Waals surface area contributed by atoms with Gasteiger partial charge in [0, 0.05) is 12.1 Å². The molecule has 4 nitrogen and oxygen atoms in total. The minimum absolute atomic E-state index is 0.718. The van der Waals surface area contributed by atoms with Crippen LogP contribution >= 0.6 is 11.6 Å². The number of halogens is 1. The SMILES string of the molecule is COc1ccc(CCc2nn(-c3ccccc3Cl)c3c2CCCCN3)cc1. The van der Waals surface area contributed by atoms with E-state index in [1.165, 1.54) is 24.0 Å². The Balaban J connectivity index is 1.65. The molecular weight excluding hydrogens is 358 g/mol. The molecule has 0 radical (unpaired) electrons. The van der Waals surface area contributed by atoms with Gasteiger partial charge in [-0.15, -0.1) is 0 Å². The van der Waals surface area contributed by atoms with E-state index < -0.39 is 0 Å². The number of rotatable bonds is 5. The van der Waals surface area contributed by atoms with E-state index in [1.807, 2.05) is 41.1 Å². The van der Waals surface area contributed by atoms with Crippen molar-refractivity contribution in [2.45, 2.75) is 32.1 Å². The van der Waals surface area contributed by atoms with Gasteiger partial charge in [0.15, 0.2) is 0 Å². The lowest BCUT2D eigenvalue weighted by Gasteiger charge is -2.10. The molecule has 0 bridgehead atoms. The third-order valence-electron chi connectivity index (χ3n) is 5.10. The molecule has 0 aliphatic carbocycles. The number of benzene rings is 2. The number of aryl methyl sites for hydroxylation is 2. The van der Waals surface area contributed by atoms with Crippen LogP contribution in [-0.2, 0) is 19.3 Å². The monoisotopic (exact) mass is 381 g/mol. The number of aromatic nitrogens is 2. The van der Waals surface area contributed by atoms with E-state index in [9.17, 15) is 0 Å². The Labute approximate surface area is 165 Å². The second-order valence-corrected chi connectivity index (χ2v) is 7.28. The molecule has 1 N–H and O–H groups in total. The summed E-state index contributed by atoms with van der Waals surface area (Å²) < 4.78 is 7.24. The van der Waals surface area contributed by atoms with Crippen LogP contribution < -0.4 is 10.1 Å². The van der Waals surface area contributed by atoms with Gasteiger partial charge < -0.3 is 10.1 Å². The number of anilines is 1. The molecule has 4 rings (SSSR count). The molecule has 27 heavy (non-hydrogen) atoms. The van der Waals surface area contributed by atoms with Gasteiger partial charge in [0.25, 0.3) is 0 Å². The molecule has 0 spiro atoms. The topological polar surface area (TPSA) is 39.1 Å². The normalized spacial score (nSPS) is 13.6. The molecule has 0 saturated carbocycles. The Bertz CT molecular complexity index is 918. The lowest BCUT2D eigenvalue weighted by atomic mass is 10.0. The van der Waals surface area contributed by atoms with E-state index in [1.54, 1.807) is 7.11 Å². The molecule has 140 valence electrons. The molecule has 5 heteroatoms. The smallest absolute Gasteiger partial charge is 0.133 e. The highest BCUT2D eigenvalue weighted by Crippen LogP contribution is 2.31. The molecule has 1 aliphatic rings. The summed E-state index contributed by atoms with van der Waals surface area (Å²) in [6, 6.07) is 16.2. The van der Waals surface area contributed by atoms with Crippen LogP contribution in [0.25, 0.3) is 5.69 Å². The van der Waals surface area contributed by atoms with E-state index >= 15 is 0 Å². The number of hydrogen-bond acceptors (Lipinski definition) is 3. The Kier molecular flexibility index (Phi) is 5.35. The van der Waals surface area contributed by atoms with Gasteiger partial charge in [0.2, 0.25) is 0 Å². The van der Waals surface area contributed by atoms with Gasteiger partial charge in [-0.3, -0.25) is 0 Å². The molecule has 2 heterocycles. The highest BCUT2D eigenvalue weighted by Gasteiger charge is 2.21. The average Bonchev–Trinajstić information content (AvgIpc) is 2.87. The fourth-order valence-corrected chi connectivity index (χ4v) is 3.84. The van der Waals surface area contributed by atoms with E-state index in [4.69, 9.17) is 21.4 Å². The maximum atomic E-state index is 6.45. The van der Waals surface area contributed by atoms with E-state index in [-0.39, 0.29) is 0 Å². The standard InChI is InChI=1S/C22H24ClN3O/c1-27-17-12-9-16(10-13-17)11-14-20-18-6-4-5-15-24-22(18)26(25-20)21-8-3-2-7-19(21)23/h2-3,7-10,12-13,24H,4-6,11,14-15H2,1H3. The van der Waals surface area contributed by atoms with Crippen molar-refractivity contribution < 1.29 is 4.74 Å². The fraction of sp³-hybridized carbons (Fsp3) is 0.318. The second kappa shape index (κ2) is 8.05. The summed E-state index contributed by atoms with van der Waals surface area (Å²) in [6.45, 7) is 0.973. The van der Waals surface area contributed by atoms with Crippen molar-refractivity contribution in [1.82, 2.24) is 9.78 Å². The number of nitrogens with zero attached hydrogens (tertiary/aromatic N) is 2. The van der Waals surface area contributed by atoms with Gasteiger partial charge in [0.05, 0.1) is 23.5 Å². The van der Waals surface area contributed by atoms with Crippen molar-refractivity contribution >= 4 is 17.4 Å². The van der Waals surface area contributed by atoms with Crippen molar-refractivity contribution in [2.75, 3.05) is 19.0 Å². The Hall–Kier alpha value is -2.46. The number of nitrogens with one attached hydrogen (secondary N) is 1. The van der Waals surface area contributed by atoms with Crippen LogP contribution in [0.15, 0.2) is 48.5 Å². The quantitative estimate of drug-likeness (QED) is 0.670. The van der Waals surface area contributed by atoms with Crippen LogP contribution in [0.1, 0.15) is 29.7 Å². The largest absolute Gasteiger partial charge is 0.497 e. The molecule has 2 aromatic carbocycles. The third kappa shape index (κ3) is 3.81. The van der Waals surface area contributed by atoms with Crippen LogP contribution in [0.4, 0.5) is 5.82 Å². The van der Waals surface area contributed by atoms with Crippen molar-refractivity contribution in [3.63, 3.8) is 0 Å². The van der Waals surface area contributed by atoms with Crippen molar-refractivity contribution in [2.24, 2.45) is 0 Å². The van der Waals surface area contributed by atoms with Crippen LogP contribution in [0.5, 0.6) is 5.75 Å². The van der Waals surface area contributed by atoms with Gasteiger partial charge in [-0.25, -0.2) is 4.68 Å². The lowest BCUT2D eigenvalue weighted by molar-refractivity contribution is 0.414. The molecule has 0 atom stereocenters. The van der Waals surface area contributed by atoms with Crippen LogP contribution in [-0.4, -0.2) is 23.4 Å². The number of ether oxygens (including phenoxy) is 1. The zero-order valence-electron chi connectivity index (χ0n) is 15.5. The molecule has 1 aromatic heterocycles. The highest BCUT2D eigenvalue weighted by molar-refractivity contribution is 6.32. The lowest BCUT2D eigenvalue weighted by Crippen LogP contribution is -2.07. The molecule has 3 aromatic rings. The molecule has 0 unspecified atom stereocenters. The predicted octanol–water partition coefficient (Wildman–Crippen LogP) is 5.07. The number of methoxy groups -OCH3 is 1. The number of fused-ring (bicyclic) bond motifs is 1. The maximum Gasteiger partial charge on any atom is 0.133 e. The first kappa shape index (κ1) is 17.9. The number of para-hydroxylation sites is 1. The Morgan fingerprint density at radius 1 is 1.07 bits per heavy atom. The first-order valence-electron chi connectivity index (χ1n) is 9.49. The van der Waals surface area contributed by atoms with Crippen LogP contribution in [0.3, 0.4) is 0 Å². The summed E-state index contributed by atoms with van der Waals surface area (Å²) in [5.74, 6) is 1.99. The minimum atomic E-state index is 0.718. The van der Waals surface area contributed by atoms with Gasteiger partial charge in [0.1, 0.15) is 11.6 Å². The summed E-state index contributed by atoms with van der Waals surface area (Å²) in [7, 11) is 1.69. The first-order chi connectivity index (χ1) is 13.3. The fourth-order valence-electron chi connectivity index (χ4n) is 3.63. The predicted molar refractivity (Wildman–Crippen MR) is 110 cm³/mol. The molecule has 0 saturated heterocycles. The van der Waals surface area contributed by atoms with E-state index in [0.717, 1.165) is 53.8 Å². The summed E-state index contributed by atoms with van der Waals surface area (Å²) in [4.78, 5) is 0. The van der Waals surface area contributed by atoms with Gasteiger partial charge in [-0.2, -0.15) is 5.10 Å². The van der Waals surface area contributed by atoms with Crippen LogP contribution in [0, 0.1) is 0 Å². The van der Waals surface area contributed by atoms with Gasteiger partial charge in [-0.05, 0) is 61.9 Å². The maximum absolute atomic E-state index is 6.45. The van der Waals surface area contributed by atoms with Crippen molar-refractivity contribution in [3.8, 4) is 11.4 Å².